The van der Waals surface area contributed by atoms with Crippen molar-refractivity contribution in [2.24, 2.45) is 11.7 Å². The molecule has 1 aliphatic carbocycles. The minimum atomic E-state index is 0.0670. The van der Waals surface area contributed by atoms with E-state index in [0.717, 1.165) is 35.0 Å². The van der Waals surface area contributed by atoms with Crippen LogP contribution in [0.25, 0.3) is 0 Å². The lowest BCUT2D eigenvalue weighted by Crippen LogP contribution is -2.23. The van der Waals surface area contributed by atoms with E-state index >= 15 is 0 Å². The molecule has 1 aromatic rings. The van der Waals surface area contributed by atoms with Crippen LogP contribution >= 0.6 is 15.9 Å². The van der Waals surface area contributed by atoms with Crippen molar-refractivity contribution in [1.29, 1.82) is 0 Å². The second kappa shape index (κ2) is 5.19. The molecule has 3 nitrogen and oxygen atoms in total. The monoisotopic (exact) mass is 296 g/mol. The fourth-order valence-corrected chi connectivity index (χ4v) is 2.57. The number of halogens is 1. The van der Waals surface area contributed by atoms with Gasteiger partial charge in [0.25, 0.3) is 0 Å². The molecule has 1 aliphatic rings. The highest BCUT2D eigenvalue weighted by atomic mass is 79.9. The number of amides is 1. The third kappa shape index (κ3) is 3.07. The van der Waals surface area contributed by atoms with E-state index in [0.29, 0.717) is 0 Å². The van der Waals surface area contributed by atoms with E-state index in [1.54, 1.807) is 0 Å². The van der Waals surface area contributed by atoms with Gasteiger partial charge in [0.05, 0.1) is 5.69 Å². The molecule has 3 N–H and O–H groups in total. The zero-order chi connectivity index (χ0) is 12.4. The van der Waals surface area contributed by atoms with Gasteiger partial charge in [0, 0.05) is 16.4 Å². The number of benzene rings is 1. The molecule has 1 fully saturated rings. The fourth-order valence-electron chi connectivity index (χ4n) is 2.22. The topological polar surface area (TPSA) is 55.1 Å². The van der Waals surface area contributed by atoms with Crippen molar-refractivity contribution < 1.29 is 4.79 Å². The molecule has 0 saturated heterocycles. The van der Waals surface area contributed by atoms with E-state index < -0.39 is 0 Å². The van der Waals surface area contributed by atoms with Crippen LogP contribution in [0.1, 0.15) is 24.8 Å². The summed E-state index contributed by atoms with van der Waals surface area (Å²) in [5.74, 6) is 0.154. The van der Waals surface area contributed by atoms with Crippen molar-refractivity contribution in [2.45, 2.75) is 32.2 Å². The van der Waals surface area contributed by atoms with Gasteiger partial charge in [-0.05, 0) is 59.8 Å². The highest BCUT2D eigenvalue weighted by molar-refractivity contribution is 9.10. The van der Waals surface area contributed by atoms with Crippen molar-refractivity contribution in [1.82, 2.24) is 0 Å². The number of hydrogen-bond acceptors (Lipinski definition) is 2. The van der Waals surface area contributed by atoms with Crippen LogP contribution in [-0.2, 0) is 4.79 Å². The molecule has 1 amide bonds. The predicted octanol–water partition coefficient (Wildman–Crippen LogP) is 2.82. The number of nitrogens with one attached hydrogen (secondary N) is 1. The number of carbonyl (C=O) groups is 1. The zero-order valence-corrected chi connectivity index (χ0v) is 11.5. The average Bonchev–Trinajstić information content (AvgIpc) is 2.70. The SMILES string of the molecule is Cc1ccc(Br)c(NC(=O)C2CCC(N)C2)c1. The summed E-state index contributed by atoms with van der Waals surface area (Å²) in [6.45, 7) is 2.01. The fraction of sp³-hybridized carbons (Fsp3) is 0.462. The maximum atomic E-state index is 12.0. The molecule has 1 aromatic carbocycles. The first-order valence-electron chi connectivity index (χ1n) is 5.89. The Morgan fingerprint density at radius 3 is 2.88 bits per heavy atom. The number of hydrogen-bond donors (Lipinski definition) is 2. The smallest absolute Gasteiger partial charge is 0.227 e. The van der Waals surface area contributed by atoms with Crippen LogP contribution in [0.3, 0.4) is 0 Å². The predicted molar refractivity (Wildman–Crippen MR) is 72.8 cm³/mol. The Morgan fingerprint density at radius 1 is 1.47 bits per heavy atom. The first kappa shape index (κ1) is 12.6. The number of nitrogens with two attached hydrogens (primary N) is 1. The first-order chi connectivity index (χ1) is 8.06. The summed E-state index contributed by atoms with van der Waals surface area (Å²) in [4.78, 5) is 12.0. The van der Waals surface area contributed by atoms with Crippen LogP contribution in [-0.4, -0.2) is 11.9 Å². The molecule has 0 bridgehead atoms. The Hall–Kier alpha value is -0.870. The molecule has 2 unspecified atom stereocenters. The highest BCUT2D eigenvalue weighted by Gasteiger charge is 2.27. The summed E-state index contributed by atoms with van der Waals surface area (Å²) < 4.78 is 0.916. The van der Waals surface area contributed by atoms with Gasteiger partial charge in [-0.3, -0.25) is 4.79 Å². The van der Waals surface area contributed by atoms with E-state index in [1.165, 1.54) is 0 Å². The van der Waals surface area contributed by atoms with Gasteiger partial charge in [0.1, 0.15) is 0 Å². The van der Waals surface area contributed by atoms with E-state index in [4.69, 9.17) is 5.73 Å². The van der Waals surface area contributed by atoms with Crippen LogP contribution in [0.15, 0.2) is 22.7 Å². The summed E-state index contributed by atoms with van der Waals surface area (Å²) in [6.07, 6.45) is 2.65. The number of aryl methyl sites for hydroxylation is 1. The third-order valence-electron chi connectivity index (χ3n) is 3.22. The largest absolute Gasteiger partial charge is 0.328 e. The molecule has 0 spiro atoms. The van der Waals surface area contributed by atoms with Gasteiger partial charge in [-0.25, -0.2) is 0 Å². The second-order valence-electron chi connectivity index (χ2n) is 4.74. The molecule has 2 rings (SSSR count). The van der Waals surface area contributed by atoms with Gasteiger partial charge in [0.15, 0.2) is 0 Å². The molecule has 0 radical (unpaired) electrons. The quantitative estimate of drug-likeness (QED) is 0.882. The van der Waals surface area contributed by atoms with Crippen molar-refractivity contribution in [3.8, 4) is 0 Å². The minimum absolute atomic E-state index is 0.0670. The van der Waals surface area contributed by atoms with Crippen LogP contribution in [0, 0.1) is 12.8 Å². The lowest BCUT2D eigenvalue weighted by molar-refractivity contribution is -0.119. The summed E-state index contributed by atoms with van der Waals surface area (Å²) in [7, 11) is 0. The van der Waals surface area contributed by atoms with Gasteiger partial charge >= 0.3 is 0 Å². The van der Waals surface area contributed by atoms with E-state index in [2.05, 4.69) is 21.2 Å². The van der Waals surface area contributed by atoms with E-state index in [-0.39, 0.29) is 17.9 Å². The van der Waals surface area contributed by atoms with Crippen LogP contribution < -0.4 is 11.1 Å². The summed E-state index contributed by atoms with van der Waals surface area (Å²) in [6, 6.07) is 6.11. The lowest BCUT2D eigenvalue weighted by Gasteiger charge is -2.12. The molecule has 1 saturated carbocycles. The third-order valence-corrected chi connectivity index (χ3v) is 3.92. The highest BCUT2D eigenvalue weighted by Crippen LogP contribution is 2.28. The van der Waals surface area contributed by atoms with Crippen LogP contribution in [0.4, 0.5) is 5.69 Å². The Morgan fingerprint density at radius 2 is 2.24 bits per heavy atom. The molecule has 17 heavy (non-hydrogen) atoms. The van der Waals surface area contributed by atoms with E-state index in [1.807, 2.05) is 25.1 Å². The Balaban J connectivity index is 2.05. The Bertz CT molecular complexity index is 433. The van der Waals surface area contributed by atoms with Gasteiger partial charge in [-0.2, -0.15) is 0 Å². The molecule has 0 heterocycles. The van der Waals surface area contributed by atoms with Crippen molar-refractivity contribution >= 4 is 27.5 Å². The summed E-state index contributed by atoms with van der Waals surface area (Å²) in [5.41, 5.74) is 7.80. The minimum Gasteiger partial charge on any atom is -0.328 e. The number of rotatable bonds is 2. The van der Waals surface area contributed by atoms with Crippen molar-refractivity contribution in [2.75, 3.05) is 5.32 Å². The maximum Gasteiger partial charge on any atom is 0.227 e. The molecule has 92 valence electrons. The summed E-state index contributed by atoms with van der Waals surface area (Å²) in [5, 5.41) is 2.97. The lowest BCUT2D eigenvalue weighted by atomic mass is 10.1. The first-order valence-corrected chi connectivity index (χ1v) is 6.68. The van der Waals surface area contributed by atoms with Gasteiger partial charge < -0.3 is 11.1 Å². The summed E-state index contributed by atoms with van der Waals surface area (Å²) >= 11 is 3.44. The van der Waals surface area contributed by atoms with E-state index in [9.17, 15) is 4.79 Å². The van der Waals surface area contributed by atoms with Gasteiger partial charge in [-0.1, -0.05) is 6.07 Å². The zero-order valence-electron chi connectivity index (χ0n) is 9.87. The van der Waals surface area contributed by atoms with Crippen LogP contribution in [0.2, 0.25) is 0 Å². The normalized spacial score (nSPS) is 23.7. The molecule has 0 aromatic heterocycles. The Kier molecular flexibility index (Phi) is 3.84. The molecular weight excluding hydrogens is 280 g/mol. The van der Waals surface area contributed by atoms with Gasteiger partial charge in [-0.15, -0.1) is 0 Å². The molecule has 4 heteroatoms. The van der Waals surface area contributed by atoms with Crippen molar-refractivity contribution in [3.63, 3.8) is 0 Å². The van der Waals surface area contributed by atoms with Crippen molar-refractivity contribution in [3.05, 3.63) is 28.2 Å². The number of carbonyl (C=O) groups excluding carboxylic acids is 1. The molecule has 0 aliphatic heterocycles. The standard InChI is InChI=1S/C13H17BrN2O/c1-8-2-5-11(14)12(6-8)16-13(17)9-3-4-10(15)7-9/h2,5-6,9-10H,3-4,7,15H2,1H3,(H,16,17). The average molecular weight is 297 g/mol. The number of anilines is 1. The Labute approximate surface area is 110 Å². The van der Waals surface area contributed by atoms with Crippen LogP contribution in [0.5, 0.6) is 0 Å². The maximum absolute atomic E-state index is 12.0. The second-order valence-corrected chi connectivity index (χ2v) is 5.60. The van der Waals surface area contributed by atoms with Gasteiger partial charge in [0.2, 0.25) is 5.91 Å². The molecular formula is C13H17BrN2O. The molecule has 2 atom stereocenters.